The van der Waals surface area contributed by atoms with Crippen LogP contribution in [0.4, 0.5) is 8.78 Å². The minimum atomic E-state index is -0.746. The lowest BCUT2D eigenvalue weighted by Gasteiger charge is -2.04. The van der Waals surface area contributed by atoms with E-state index in [-0.39, 0.29) is 0 Å². The van der Waals surface area contributed by atoms with Gasteiger partial charge in [0.2, 0.25) is 0 Å². The van der Waals surface area contributed by atoms with Gasteiger partial charge in [0.1, 0.15) is 5.01 Å². The van der Waals surface area contributed by atoms with E-state index >= 15 is 0 Å². The van der Waals surface area contributed by atoms with E-state index in [0.29, 0.717) is 22.2 Å². The number of hydrogen-bond donors (Lipinski definition) is 0. The molecule has 0 fully saturated rings. The minimum absolute atomic E-state index is 0.318. The second kappa shape index (κ2) is 10.8. The van der Waals surface area contributed by atoms with E-state index in [1.54, 1.807) is 6.07 Å². The van der Waals surface area contributed by atoms with Crippen molar-refractivity contribution in [3.05, 3.63) is 53.1 Å². The highest BCUT2D eigenvalue weighted by Crippen LogP contribution is 2.34. The molecule has 29 heavy (non-hydrogen) atoms. The molecule has 0 N–H and O–H groups in total. The SMILES string of the molecule is CCCCCCc1ccc(-c2nc3cc(CCCCCC)c(F)c(F)c3s2)cc1. The summed E-state index contributed by atoms with van der Waals surface area (Å²) in [6, 6.07) is 10.1. The molecule has 0 spiro atoms. The molecule has 156 valence electrons. The Morgan fingerprint density at radius 1 is 0.793 bits per heavy atom. The van der Waals surface area contributed by atoms with Crippen LogP contribution >= 0.6 is 11.3 Å². The maximum atomic E-state index is 14.6. The molecule has 0 amide bonds. The van der Waals surface area contributed by atoms with E-state index in [1.807, 2.05) is 12.1 Å². The Balaban J connectivity index is 1.75. The second-order valence-corrected chi connectivity index (χ2v) is 8.85. The molecule has 3 aromatic rings. The Hall–Kier alpha value is -1.81. The fourth-order valence-electron chi connectivity index (χ4n) is 3.67. The van der Waals surface area contributed by atoms with Gasteiger partial charge in [-0.1, -0.05) is 76.6 Å². The van der Waals surface area contributed by atoms with E-state index in [9.17, 15) is 8.78 Å². The van der Waals surface area contributed by atoms with Crippen molar-refractivity contribution in [1.82, 2.24) is 4.98 Å². The molecule has 0 aliphatic heterocycles. The van der Waals surface area contributed by atoms with Gasteiger partial charge in [0.05, 0.1) is 10.2 Å². The highest BCUT2D eigenvalue weighted by atomic mass is 32.1. The van der Waals surface area contributed by atoms with Crippen molar-refractivity contribution >= 4 is 21.6 Å². The van der Waals surface area contributed by atoms with Crippen molar-refractivity contribution in [3.63, 3.8) is 0 Å². The molecular weight excluding hydrogens is 384 g/mol. The molecular formula is C25H31F2NS. The molecule has 0 saturated carbocycles. The topological polar surface area (TPSA) is 12.9 Å². The number of nitrogens with zero attached hydrogens (tertiary/aromatic N) is 1. The molecule has 0 saturated heterocycles. The maximum Gasteiger partial charge on any atom is 0.178 e. The number of rotatable bonds is 11. The molecule has 0 bridgehead atoms. The number of benzene rings is 2. The predicted octanol–water partition coefficient (Wildman–Crippen LogP) is 8.49. The first-order valence-corrected chi connectivity index (χ1v) is 11.8. The fraction of sp³-hybridized carbons (Fsp3) is 0.480. The van der Waals surface area contributed by atoms with E-state index < -0.39 is 11.6 Å². The van der Waals surface area contributed by atoms with E-state index in [0.717, 1.165) is 42.7 Å². The summed E-state index contributed by atoms with van der Waals surface area (Å²) < 4.78 is 29.4. The molecule has 4 heteroatoms. The van der Waals surface area contributed by atoms with Gasteiger partial charge in [0, 0.05) is 5.56 Å². The summed E-state index contributed by atoms with van der Waals surface area (Å²) in [5.41, 5.74) is 3.30. The Kier molecular flexibility index (Phi) is 8.17. The number of halogens is 2. The third-order valence-corrected chi connectivity index (χ3v) is 6.57. The van der Waals surface area contributed by atoms with E-state index in [2.05, 4.69) is 31.0 Å². The normalized spacial score (nSPS) is 11.4. The fourth-order valence-corrected chi connectivity index (χ4v) is 4.65. The van der Waals surface area contributed by atoms with Gasteiger partial charge in [-0.15, -0.1) is 11.3 Å². The lowest BCUT2D eigenvalue weighted by molar-refractivity contribution is 0.504. The summed E-state index contributed by atoms with van der Waals surface area (Å²) >= 11 is 1.24. The average Bonchev–Trinajstić information content (AvgIpc) is 3.17. The largest absolute Gasteiger partial charge is 0.236 e. The molecule has 0 unspecified atom stereocenters. The number of aryl methyl sites for hydroxylation is 2. The molecule has 0 aliphatic rings. The number of fused-ring (bicyclic) bond motifs is 1. The minimum Gasteiger partial charge on any atom is -0.236 e. The molecule has 1 aromatic heterocycles. The Morgan fingerprint density at radius 3 is 2.10 bits per heavy atom. The lowest BCUT2D eigenvalue weighted by atomic mass is 10.0. The molecule has 0 aliphatic carbocycles. The molecule has 1 nitrogen and oxygen atoms in total. The summed E-state index contributed by atoms with van der Waals surface area (Å²) in [5.74, 6) is -1.45. The zero-order chi connectivity index (χ0) is 20.6. The standard InChI is InChI=1S/C25H31F2NS/c1-3-5-7-9-11-18-13-15-19(16-14-18)25-28-21-17-20(12-10-8-6-4-2)22(26)23(27)24(21)29-25/h13-17H,3-12H2,1-2H3. The van der Waals surface area contributed by atoms with Crippen LogP contribution in [-0.2, 0) is 12.8 Å². The molecule has 1 heterocycles. The first kappa shape index (κ1) is 21.9. The van der Waals surface area contributed by atoms with Gasteiger partial charge in [-0.25, -0.2) is 13.8 Å². The van der Waals surface area contributed by atoms with Crippen molar-refractivity contribution in [1.29, 1.82) is 0 Å². The van der Waals surface area contributed by atoms with Gasteiger partial charge < -0.3 is 0 Å². The van der Waals surface area contributed by atoms with Gasteiger partial charge in [-0.3, -0.25) is 0 Å². The second-order valence-electron chi connectivity index (χ2n) is 7.85. The zero-order valence-electron chi connectivity index (χ0n) is 17.6. The summed E-state index contributed by atoms with van der Waals surface area (Å²) in [5, 5.41) is 0.749. The first-order chi connectivity index (χ1) is 14.1. The number of aromatic nitrogens is 1. The van der Waals surface area contributed by atoms with Crippen LogP contribution < -0.4 is 0 Å². The van der Waals surface area contributed by atoms with Gasteiger partial charge in [0.25, 0.3) is 0 Å². The highest BCUT2D eigenvalue weighted by molar-refractivity contribution is 7.21. The van der Waals surface area contributed by atoms with Crippen LogP contribution in [0.2, 0.25) is 0 Å². The zero-order valence-corrected chi connectivity index (χ0v) is 18.4. The Labute approximate surface area is 177 Å². The van der Waals surface area contributed by atoms with Crippen molar-refractivity contribution < 1.29 is 8.78 Å². The summed E-state index contributed by atoms with van der Waals surface area (Å²) in [6.07, 6.45) is 10.8. The Bertz CT molecular complexity index is 915. The number of hydrogen-bond acceptors (Lipinski definition) is 2. The van der Waals surface area contributed by atoms with Gasteiger partial charge in [0.15, 0.2) is 11.6 Å². The van der Waals surface area contributed by atoms with Crippen molar-refractivity contribution in [2.75, 3.05) is 0 Å². The van der Waals surface area contributed by atoms with Crippen LogP contribution in [-0.4, -0.2) is 4.98 Å². The number of thiazole rings is 1. The van der Waals surface area contributed by atoms with Gasteiger partial charge >= 0.3 is 0 Å². The monoisotopic (exact) mass is 415 g/mol. The third-order valence-electron chi connectivity index (χ3n) is 5.46. The summed E-state index contributed by atoms with van der Waals surface area (Å²) in [6.45, 7) is 4.36. The van der Waals surface area contributed by atoms with E-state index in [1.165, 1.54) is 42.6 Å². The summed E-state index contributed by atoms with van der Waals surface area (Å²) in [7, 11) is 0. The van der Waals surface area contributed by atoms with Crippen LogP contribution in [0.1, 0.15) is 76.3 Å². The Morgan fingerprint density at radius 2 is 1.45 bits per heavy atom. The van der Waals surface area contributed by atoms with Crippen LogP contribution in [0.5, 0.6) is 0 Å². The van der Waals surface area contributed by atoms with Gasteiger partial charge in [-0.2, -0.15) is 0 Å². The van der Waals surface area contributed by atoms with Gasteiger partial charge in [-0.05, 0) is 42.9 Å². The van der Waals surface area contributed by atoms with Crippen LogP contribution in [0.25, 0.3) is 20.8 Å². The average molecular weight is 416 g/mol. The molecule has 0 atom stereocenters. The molecule has 0 radical (unpaired) electrons. The first-order valence-electron chi connectivity index (χ1n) is 11.0. The van der Waals surface area contributed by atoms with E-state index in [4.69, 9.17) is 0 Å². The molecule has 3 rings (SSSR count). The van der Waals surface area contributed by atoms with Crippen LogP contribution in [0.15, 0.2) is 30.3 Å². The van der Waals surface area contributed by atoms with Crippen LogP contribution in [0, 0.1) is 11.6 Å². The lowest BCUT2D eigenvalue weighted by Crippen LogP contribution is -1.95. The smallest absolute Gasteiger partial charge is 0.178 e. The highest BCUT2D eigenvalue weighted by Gasteiger charge is 2.17. The predicted molar refractivity (Wildman–Crippen MR) is 121 cm³/mol. The maximum absolute atomic E-state index is 14.6. The third kappa shape index (κ3) is 5.63. The number of unbranched alkanes of at least 4 members (excludes halogenated alkanes) is 6. The molecule has 2 aromatic carbocycles. The van der Waals surface area contributed by atoms with Crippen molar-refractivity contribution in [2.24, 2.45) is 0 Å². The van der Waals surface area contributed by atoms with Crippen molar-refractivity contribution in [2.45, 2.75) is 78.1 Å². The van der Waals surface area contributed by atoms with Crippen molar-refractivity contribution in [3.8, 4) is 10.6 Å². The van der Waals surface area contributed by atoms with Crippen LogP contribution in [0.3, 0.4) is 0 Å². The summed E-state index contributed by atoms with van der Waals surface area (Å²) in [4.78, 5) is 4.62. The quantitative estimate of drug-likeness (QED) is 0.286.